The molecule has 1 aliphatic rings. The number of hydrogen-bond donors (Lipinski definition) is 2. The summed E-state index contributed by atoms with van der Waals surface area (Å²) in [5.41, 5.74) is 4.94. The van der Waals surface area contributed by atoms with Crippen LogP contribution >= 0.6 is 24.0 Å². The second-order valence-corrected chi connectivity index (χ2v) is 7.52. The summed E-state index contributed by atoms with van der Waals surface area (Å²) in [6.07, 6.45) is 1.88. The molecule has 1 aliphatic heterocycles. The number of carbonyl (C=O) groups is 1. The van der Waals surface area contributed by atoms with Crippen LogP contribution in [0.25, 0.3) is 23.2 Å². The van der Waals surface area contributed by atoms with Gasteiger partial charge in [-0.15, -0.1) is 10.2 Å². The van der Waals surface area contributed by atoms with Gasteiger partial charge in [-0.25, -0.2) is 0 Å². The number of rotatable bonds is 3. The van der Waals surface area contributed by atoms with E-state index in [1.165, 1.54) is 11.8 Å². The lowest BCUT2D eigenvalue weighted by Crippen LogP contribution is -2.17. The zero-order valence-corrected chi connectivity index (χ0v) is 15.6. The third-order valence-corrected chi connectivity index (χ3v) is 5.27. The number of nitrogens with zero attached hydrogens (tertiary/aromatic N) is 4. The highest BCUT2D eigenvalue weighted by Crippen LogP contribution is 2.29. The van der Waals surface area contributed by atoms with Gasteiger partial charge in [0, 0.05) is 22.6 Å². The van der Waals surface area contributed by atoms with Gasteiger partial charge in [-0.1, -0.05) is 36.1 Å². The molecule has 0 aliphatic carbocycles. The van der Waals surface area contributed by atoms with Crippen molar-refractivity contribution in [1.29, 1.82) is 0 Å². The first-order valence-corrected chi connectivity index (χ1v) is 9.03. The Bertz CT molecular complexity index is 1050. The molecule has 9 heteroatoms. The summed E-state index contributed by atoms with van der Waals surface area (Å²) in [6, 6.07) is 9.97. The van der Waals surface area contributed by atoms with Gasteiger partial charge in [-0.3, -0.25) is 4.79 Å². The largest absolute Gasteiger partial charge is 0.318 e. The first-order valence-electron chi connectivity index (χ1n) is 7.81. The van der Waals surface area contributed by atoms with Crippen LogP contribution in [0.4, 0.5) is 0 Å². The number of benzene rings is 1. The van der Waals surface area contributed by atoms with Crippen molar-refractivity contribution in [1.82, 2.24) is 30.5 Å². The summed E-state index contributed by atoms with van der Waals surface area (Å²) >= 11 is 6.33. The fraction of sp³-hybridized carbons (Fsp3) is 0.118. The van der Waals surface area contributed by atoms with Crippen molar-refractivity contribution in [3.63, 3.8) is 0 Å². The minimum Gasteiger partial charge on any atom is -0.318 e. The van der Waals surface area contributed by atoms with E-state index in [2.05, 4.69) is 36.6 Å². The topological polar surface area (TPSA) is 88.5 Å². The van der Waals surface area contributed by atoms with E-state index in [1.807, 2.05) is 44.2 Å². The summed E-state index contributed by atoms with van der Waals surface area (Å²) in [4.78, 5) is 12.5. The average molecular weight is 382 g/mol. The maximum atomic E-state index is 11.9. The number of aromatic amines is 1. The van der Waals surface area contributed by atoms with Gasteiger partial charge in [0.05, 0.1) is 4.91 Å². The molecule has 0 spiro atoms. The molecule has 130 valence electrons. The Morgan fingerprint density at radius 3 is 2.81 bits per heavy atom. The van der Waals surface area contributed by atoms with Gasteiger partial charge in [0.2, 0.25) is 5.82 Å². The van der Waals surface area contributed by atoms with E-state index in [0.717, 1.165) is 28.2 Å². The molecule has 3 aromatic rings. The predicted molar refractivity (Wildman–Crippen MR) is 105 cm³/mol. The Labute approximate surface area is 158 Å². The Kier molecular flexibility index (Phi) is 4.17. The Morgan fingerprint density at radius 1 is 1.27 bits per heavy atom. The van der Waals surface area contributed by atoms with Crippen molar-refractivity contribution in [2.24, 2.45) is 0 Å². The highest BCUT2D eigenvalue weighted by atomic mass is 32.2. The number of amides is 1. The molecule has 0 atom stereocenters. The highest BCUT2D eigenvalue weighted by molar-refractivity contribution is 8.26. The van der Waals surface area contributed by atoms with Gasteiger partial charge in [0.1, 0.15) is 4.32 Å². The van der Waals surface area contributed by atoms with Crippen LogP contribution in [0.1, 0.15) is 17.0 Å². The smallest absolute Gasteiger partial charge is 0.263 e. The molecule has 2 N–H and O–H groups in total. The maximum Gasteiger partial charge on any atom is 0.263 e. The van der Waals surface area contributed by atoms with Gasteiger partial charge < -0.3 is 9.88 Å². The molecule has 4 rings (SSSR count). The second-order valence-electron chi connectivity index (χ2n) is 5.80. The maximum absolute atomic E-state index is 11.9. The first-order chi connectivity index (χ1) is 12.5. The SMILES string of the molecule is Cc1cc(/C=C2\SC(=S)NC2=O)c(C)n1-c1cccc(-c2nn[nH]n2)c1. The summed E-state index contributed by atoms with van der Waals surface area (Å²) in [6.45, 7) is 4.05. The molecule has 0 radical (unpaired) electrons. The minimum atomic E-state index is -0.149. The third kappa shape index (κ3) is 2.95. The van der Waals surface area contributed by atoms with E-state index in [0.29, 0.717) is 15.1 Å². The molecule has 0 unspecified atom stereocenters. The fourth-order valence-corrected chi connectivity index (χ4v) is 4.00. The molecule has 26 heavy (non-hydrogen) atoms. The summed E-state index contributed by atoms with van der Waals surface area (Å²) in [5.74, 6) is 0.396. The second kappa shape index (κ2) is 6.50. The summed E-state index contributed by atoms with van der Waals surface area (Å²) in [7, 11) is 0. The van der Waals surface area contributed by atoms with Crippen LogP contribution in [0.5, 0.6) is 0 Å². The molecule has 1 amide bonds. The van der Waals surface area contributed by atoms with Crippen LogP contribution in [-0.2, 0) is 4.79 Å². The number of H-pyrrole nitrogens is 1. The van der Waals surface area contributed by atoms with Gasteiger partial charge in [0.25, 0.3) is 5.91 Å². The standard InChI is InChI=1S/C17H14N6OS2/c1-9-6-12(8-14-16(24)18-17(25)26-14)10(2)23(9)13-5-3-4-11(7-13)15-19-21-22-20-15/h3-8H,1-2H3,(H,18,24,25)(H,19,20,21,22)/b14-8-. The van der Waals surface area contributed by atoms with Crippen molar-refractivity contribution in [3.8, 4) is 17.1 Å². The molecular formula is C17H14N6OS2. The zero-order chi connectivity index (χ0) is 18.3. The molecule has 1 saturated heterocycles. The lowest BCUT2D eigenvalue weighted by molar-refractivity contribution is -0.115. The van der Waals surface area contributed by atoms with Gasteiger partial charge in [-0.2, -0.15) is 5.21 Å². The monoisotopic (exact) mass is 382 g/mol. The first kappa shape index (κ1) is 16.7. The number of carbonyl (C=O) groups excluding carboxylic acids is 1. The van der Waals surface area contributed by atoms with Crippen molar-refractivity contribution in [2.45, 2.75) is 13.8 Å². The third-order valence-electron chi connectivity index (χ3n) is 4.11. The molecule has 7 nitrogen and oxygen atoms in total. The molecule has 1 aromatic carbocycles. The van der Waals surface area contributed by atoms with Crippen molar-refractivity contribution < 1.29 is 4.79 Å². The molecule has 0 bridgehead atoms. The van der Waals surface area contributed by atoms with Gasteiger partial charge in [-0.05, 0) is 48.9 Å². The van der Waals surface area contributed by atoms with Crippen LogP contribution in [0.15, 0.2) is 35.2 Å². The number of nitrogens with one attached hydrogen (secondary N) is 2. The quantitative estimate of drug-likeness (QED) is 0.535. The van der Waals surface area contributed by atoms with Gasteiger partial charge in [0.15, 0.2) is 0 Å². The number of tetrazole rings is 1. The Balaban J connectivity index is 1.76. The minimum absolute atomic E-state index is 0.149. The molecule has 0 saturated carbocycles. The predicted octanol–water partition coefficient (Wildman–Crippen LogP) is 2.76. The van der Waals surface area contributed by atoms with E-state index in [1.54, 1.807) is 0 Å². The van der Waals surface area contributed by atoms with E-state index < -0.39 is 0 Å². The normalized spacial score (nSPS) is 15.7. The lowest BCUT2D eigenvalue weighted by Gasteiger charge is -2.10. The summed E-state index contributed by atoms with van der Waals surface area (Å²) < 4.78 is 2.62. The van der Waals surface area contributed by atoms with Crippen molar-refractivity contribution in [2.75, 3.05) is 0 Å². The summed E-state index contributed by atoms with van der Waals surface area (Å²) in [5, 5.41) is 16.8. The molecule has 1 fully saturated rings. The number of hydrogen-bond acceptors (Lipinski definition) is 6. The van der Waals surface area contributed by atoms with Crippen LogP contribution in [0, 0.1) is 13.8 Å². The van der Waals surface area contributed by atoms with Crippen molar-refractivity contribution in [3.05, 3.63) is 52.2 Å². The lowest BCUT2D eigenvalue weighted by atomic mass is 10.2. The molecular weight excluding hydrogens is 368 g/mol. The Hall–Kier alpha value is -2.78. The number of aromatic nitrogens is 5. The van der Waals surface area contributed by atoms with Crippen LogP contribution in [0.2, 0.25) is 0 Å². The van der Waals surface area contributed by atoms with Crippen LogP contribution in [-0.4, -0.2) is 35.4 Å². The number of thiocarbonyl (C=S) groups is 1. The van der Waals surface area contributed by atoms with Crippen molar-refractivity contribution >= 4 is 40.3 Å². The van der Waals surface area contributed by atoms with E-state index >= 15 is 0 Å². The Morgan fingerprint density at radius 2 is 2.12 bits per heavy atom. The molecule has 3 heterocycles. The van der Waals surface area contributed by atoms with E-state index in [-0.39, 0.29) is 5.91 Å². The van der Waals surface area contributed by atoms with E-state index in [4.69, 9.17) is 12.2 Å². The zero-order valence-electron chi connectivity index (χ0n) is 14.0. The van der Waals surface area contributed by atoms with Crippen LogP contribution < -0.4 is 5.32 Å². The average Bonchev–Trinajstić information content (AvgIpc) is 3.30. The fourth-order valence-electron chi connectivity index (χ4n) is 2.96. The number of aryl methyl sites for hydroxylation is 1. The van der Waals surface area contributed by atoms with Crippen LogP contribution in [0.3, 0.4) is 0 Å². The number of thioether (sulfide) groups is 1. The van der Waals surface area contributed by atoms with Gasteiger partial charge >= 0.3 is 0 Å². The molecule has 2 aromatic heterocycles. The van der Waals surface area contributed by atoms with E-state index in [9.17, 15) is 4.79 Å². The highest BCUT2D eigenvalue weighted by Gasteiger charge is 2.23.